The molecule has 1 aromatic heterocycles. The lowest BCUT2D eigenvalue weighted by atomic mass is 9.67. The van der Waals surface area contributed by atoms with Gasteiger partial charge in [0.15, 0.2) is 0 Å². The van der Waals surface area contributed by atoms with Crippen LogP contribution in [0.25, 0.3) is 53.6 Å². The molecule has 10 aromatic carbocycles. The molecule has 0 amide bonds. The Morgan fingerprint density at radius 3 is 1.48 bits per heavy atom. The van der Waals surface area contributed by atoms with Crippen LogP contribution in [0, 0.1) is 0 Å². The van der Waals surface area contributed by atoms with Gasteiger partial charge < -0.3 is 4.90 Å². The highest BCUT2D eigenvalue weighted by molar-refractivity contribution is 7.26. The van der Waals surface area contributed by atoms with Gasteiger partial charge in [-0.3, -0.25) is 0 Å². The van der Waals surface area contributed by atoms with E-state index in [9.17, 15) is 0 Å². The fraction of sp³-hybridized carbons (Fsp3) is 0.0625. The van der Waals surface area contributed by atoms with Crippen LogP contribution in [0.4, 0.5) is 17.1 Å². The molecular weight excluding hydrogens is 815 g/mol. The summed E-state index contributed by atoms with van der Waals surface area (Å²) in [6.45, 7) is 2.34. The lowest BCUT2D eigenvalue weighted by Crippen LogP contribution is -2.28. The van der Waals surface area contributed by atoms with E-state index >= 15 is 0 Å². The Morgan fingerprint density at radius 2 is 0.848 bits per heavy atom. The van der Waals surface area contributed by atoms with Crippen molar-refractivity contribution in [2.24, 2.45) is 0 Å². The molecule has 0 saturated carbocycles. The molecule has 0 unspecified atom stereocenters. The summed E-state index contributed by atoms with van der Waals surface area (Å²) in [6.07, 6.45) is 0.963. The Kier molecular flexibility index (Phi) is 8.88. The molecule has 0 bridgehead atoms. The van der Waals surface area contributed by atoms with Gasteiger partial charge in [-0.1, -0.05) is 207 Å². The summed E-state index contributed by atoms with van der Waals surface area (Å²) < 4.78 is 2.65. The van der Waals surface area contributed by atoms with Crippen LogP contribution in [-0.4, -0.2) is 0 Å². The third-order valence-electron chi connectivity index (χ3n) is 14.8. The first-order chi connectivity index (χ1) is 32.7. The maximum atomic E-state index is 2.48. The van der Waals surface area contributed by atoms with E-state index in [2.05, 4.69) is 254 Å². The Hall–Kier alpha value is -7.78. The Morgan fingerprint density at radius 1 is 0.364 bits per heavy atom. The van der Waals surface area contributed by atoms with Crippen molar-refractivity contribution in [3.63, 3.8) is 0 Å². The number of thiophene rings is 1. The quantitative estimate of drug-likeness (QED) is 0.147. The summed E-state index contributed by atoms with van der Waals surface area (Å²) in [6, 6.07) is 90.7. The van der Waals surface area contributed by atoms with E-state index in [0.717, 1.165) is 23.5 Å². The fourth-order valence-corrected chi connectivity index (χ4v) is 13.1. The number of hydrogen-bond donors (Lipinski definition) is 0. The maximum absolute atomic E-state index is 2.48. The summed E-state index contributed by atoms with van der Waals surface area (Å²) in [5.74, 6) is 0. The van der Waals surface area contributed by atoms with Gasteiger partial charge in [0, 0.05) is 42.6 Å². The van der Waals surface area contributed by atoms with E-state index in [1.165, 1.54) is 92.5 Å². The van der Waals surface area contributed by atoms with Gasteiger partial charge in [-0.2, -0.15) is 0 Å². The smallest absolute Gasteiger partial charge is 0.0714 e. The van der Waals surface area contributed by atoms with Crippen molar-refractivity contribution < 1.29 is 0 Å². The van der Waals surface area contributed by atoms with Crippen LogP contribution in [0.15, 0.2) is 243 Å². The summed E-state index contributed by atoms with van der Waals surface area (Å²) in [7, 11) is 0. The Balaban J connectivity index is 1.00. The Labute approximate surface area is 390 Å². The molecule has 312 valence electrons. The zero-order valence-electron chi connectivity index (χ0n) is 36.7. The first-order valence-corrected chi connectivity index (χ1v) is 24.0. The lowest BCUT2D eigenvalue weighted by molar-refractivity contribution is 0.609. The molecule has 0 spiro atoms. The molecule has 0 atom stereocenters. The van der Waals surface area contributed by atoms with E-state index in [4.69, 9.17) is 0 Å². The second-order valence-corrected chi connectivity index (χ2v) is 18.9. The van der Waals surface area contributed by atoms with E-state index in [1.807, 2.05) is 11.3 Å². The van der Waals surface area contributed by atoms with Gasteiger partial charge >= 0.3 is 0 Å². The minimum atomic E-state index is -0.510. The molecule has 11 aromatic rings. The molecule has 0 fully saturated rings. The van der Waals surface area contributed by atoms with Gasteiger partial charge in [-0.15, -0.1) is 11.3 Å². The summed E-state index contributed by atoms with van der Waals surface area (Å²) in [4.78, 5) is 2.47. The minimum absolute atomic E-state index is 0.240. The molecule has 0 saturated heterocycles. The van der Waals surface area contributed by atoms with Crippen LogP contribution in [0.3, 0.4) is 0 Å². The van der Waals surface area contributed by atoms with Crippen molar-refractivity contribution in [3.8, 4) is 33.4 Å². The topological polar surface area (TPSA) is 3.24 Å². The molecule has 1 nitrogen and oxygen atoms in total. The van der Waals surface area contributed by atoms with Crippen molar-refractivity contribution in [2.45, 2.75) is 24.2 Å². The molecule has 0 N–H and O–H groups in total. The zero-order chi connectivity index (χ0) is 43.8. The normalized spacial score (nSPS) is 13.8. The van der Waals surface area contributed by atoms with E-state index < -0.39 is 5.41 Å². The standard InChI is InChI=1S/C64H45NS/c1-2-63(57-28-13-9-22-51(57)52-23-10-14-29-58(52)63)44-34-38-48(39-35-44)65(47-36-32-43(33-37-47)50-26-17-27-56-55-25-12-16-31-61(55)66-62(50)56)49-40-41-54-53-24-11-15-30-59(53)64(60(54)42-49,45-18-5-3-6-19-45)46-20-7-4-8-21-46/h3-42H,2H2,1H3. The van der Waals surface area contributed by atoms with Gasteiger partial charge in [0.1, 0.15) is 0 Å². The number of anilines is 3. The van der Waals surface area contributed by atoms with Crippen molar-refractivity contribution in [1.29, 1.82) is 0 Å². The predicted molar refractivity (Wildman–Crippen MR) is 279 cm³/mol. The van der Waals surface area contributed by atoms with Crippen LogP contribution < -0.4 is 4.90 Å². The number of benzene rings is 10. The SMILES string of the molecule is CCC1(c2ccc(N(c3ccc(-c4cccc5c4sc4ccccc45)cc3)c3ccc4c(c3)C(c3ccccc3)(c3ccccc3)c3ccccc3-4)cc2)c2ccccc2-c2ccccc21. The first kappa shape index (κ1) is 38.7. The third-order valence-corrected chi connectivity index (χ3v) is 16.0. The van der Waals surface area contributed by atoms with Crippen LogP contribution >= 0.6 is 11.3 Å². The zero-order valence-corrected chi connectivity index (χ0v) is 37.5. The average Bonchev–Trinajstić information content (AvgIpc) is 4.02. The molecule has 13 rings (SSSR count). The van der Waals surface area contributed by atoms with Crippen molar-refractivity contribution >= 4 is 48.6 Å². The van der Waals surface area contributed by atoms with Crippen molar-refractivity contribution in [1.82, 2.24) is 0 Å². The number of nitrogens with zero attached hydrogens (tertiary/aromatic N) is 1. The molecule has 0 aliphatic heterocycles. The van der Waals surface area contributed by atoms with Gasteiger partial charge in [-0.25, -0.2) is 0 Å². The van der Waals surface area contributed by atoms with Gasteiger partial charge in [0.2, 0.25) is 0 Å². The van der Waals surface area contributed by atoms with Gasteiger partial charge in [0.05, 0.1) is 5.41 Å². The van der Waals surface area contributed by atoms with E-state index in [0.29, 0.717) is 0 Å². The highest BCUT2D eigenvalue weighted by Crippen LogP contribution is 2.58. The van der Waals surface area contributed by atoms with Crippen LogP contribution in [-0.2, 0) is 10.8 Å². The van der Waals surface area contributed by atoms with E-state index in [-0.39, 0.29) is 5.41 Å². The first-order valence-electron chi connectivity index (χ1n) is 23.1. The van der Waals surface area contributed by atoms with Crippen molar-refractivity contribution in [3.05, 3.63) is 282 Å². The lowest BCUT2D eigenvalue weighted by Gasteiger charge is -2.35. The molecule has 2 heteroatoms. The molecule has 2 aliphatic carbocycles. The highest BCUT2D eigenvalue weighted by atomic mass is 32.1. The van der Waals surface area contributed by atoms with Gasteiger partial charge in [-0.05, 0) is 121 Å². The second-order valence-electron chi connectivity index (χ2n) is 17.8. The van der Waals surface area contributed by atoms with Crippen LogP contribution in [0.2, 0.25) is 0 Å². The van der Waals surface area contributed by atoms with Gasteiger partial charge in [0.25, 0.3) is 0 Å². The van der Waals surface area contributed by atoms with E-state index in [1.54, 1.807) is 0 Å². The molecule has 66 heavy (non-hydrogen) atoms. The fourth-order valence-electron chi connectivity index (χ4n) is 11.9. The number of hydrogen-bond acceptors (Lipinski definition) is 2. The maximum Gasteiger partial charge on any atom is 0.0714 e. The van der Waals surface area contributed by atoms with Crippen LogP contribution in [0.5, 0.6) is 0 Å². The Bertz CT molecular complexity index is 3540. The second kappa shape index (κ2) is 15.2. The molecule has 0 radical (unpaired) electrons. The molecular formula is C64H45NS. The average molecular weight is 860 g/mol. The molecule has 2 aliphatic rings. The highest BCUT2D eigenvalue weighted by Gasteiger charge is 2.47. The predicted octanol–water partition coefficient (Wildman–Crippen LogP) is 17.3. The molecule has 1 heterocycles. The third kappa shape index (κ3) is 5.52. The monoisotopic (exact) mass is 859 g/mol. The minimum Gasteiger partial charge on any atom is -0.310 e. The largest absolute Gasteiger partial charge is 0.310 e. The summed E-state index contributed by atoms with van der Waals surface area (Å²) in [5.41, 5.74) is 19.5. The van der Waals surface area contributed by atoms with Crippen molar-refractivity contribution in [2.75, 3.05) is 4.90 Å². The van der Waals surface area contributed by atoms with Crippen LogP contribution in [0.1, 0.15) is 52.3 Å². The number of rotatable bonds is 8. The summed E-state index contributed by atoms with van der Waals surface area (Å²) in [5, 5.41) is 2.64. The summed E-state index contributed by atoms with van der Waals surface area (Å²) >= 11 is 1.88. The number of fused-ring (bicyclic) bond motifs is 9.